The quantitative estimate of drug-likeness (QED) is 0.602. The zero-order valence-electron chi connectivity index (χ0n) is 16.9. The zero-order valence-corrected chi connectivity index (χ0v) is 16.9. The summed E-state index contributed by atoms with van der Waals surface area (Å²) in [6.07, 6.45) is 1.58. The first-order chi connectivity index (χ1) is 14.3. The van der Waals surface area contributed by atoms with Crippen molar-refractivity contribution in [1.82, 2.24) is 19.9 Å². The largest absolute Gasteiger partial charge is 0.505 e. The molecule has 0 radical (unpaired) electrons. The standard InChI is InChI=1S/C21H24F2N6O/c1-11-7-12(2)25-20-17(11)19(24)27-21(28-20)26-15-3-5-29(6-4-15)10-13-8-14(22)9-16(23)18(13)30/h7-9,15,30H,3-6,10H2,1-2H3,(H3,24,25,26,27,28). The number of nitrogens with zero attached hydrogens (tertiary/aromatic N) is 4. The number of piperidine rings is 1. The Morgan fingerprint density at radius 2 is 1.87 bits per heavy atom. The highest BCUT2D eigenvalue weighted by atomic mass is 19.1. The summed E-state index contributed by atoms with van der Waals surface area (Å²) in [5, 5.41) is 13.9. The number of phenols is 1. The molecule has 30 heavy (non-hydrogen) atoms. The van der Waals surface area contributed by atoms with Gasteiger partial charge in [-0.3, -0.25) is 4.90 Å². The first kappa shape index (κ1) is 20.2. The number of nitrogens with two attached hydrogens (primary N) is 1. The molecule has 1 saturated heterocycles. The molecule has 4 rings (SSSR count). The van der Waals surface area contributed by atoms with E-state index in [0.29, 0.717) is 36.6 Å². The van der Waals surface area contributed by atoms with Gasteiger partial charge in [-0.2, -0.15) is 9.97 Å². The average Bonchev–Trinajstić information content (AvgIpc) is 2.66. The topological polar surface area (TPSA) is 100 Å². The molecule has 0 amide bonds. The smallest absolute Gasteiger partial charge is 0.226 e. The van der Waals surface area contributed by atoms with E-state index in [1.165, 1.54) is 6.07 Å². The van der Waals surface area contributed by atoms with Crippen LogP contribution in [0.1, 0.15) is 29.7 Å². The summed E-state index contributed by atoms with van der Waals surface area (Å²) in [6.45, 7) is 5.57. The van der Waals surface area contributed by atoms with Crippen LogP contribution in [0, 0.1) is 25.5 Å². The van der Waals surface area contributed by atoms with Crippen molar-refractivity contribution < 1.29 is 13.9 Å². The molecule has 3 heterocycles. The molecule has 2 aromatic heterocycles. The number of likely N-dealkylation sites (tertiary alicyclic amines) is 1. The first-order valence-electron chi connectivity index (χ1n) is 9.87. The Morgan fingerprint density at radius 3 is 2.60 bits per heavy atom. The molecule has 0 bridgehead atoms. The molecule has 1 fully saturated rings. The van der Waals surface area contributed by atoms with Crippen molar-refractivity contribution in [2.24, 2.45) is 0 Å². The van der Waals surface area contributed by atoms with E-state index >= 15 is 0 Å². The van der Waals surface area contributed by atoms with E-state index in [-0.39, 0.29) is 18.2 Å². The summed E-state index contributed by atoms with van der Waals surface area (Å²) in [7, 11) is 0. The number of aryl methyl sites for hydroxylation is 2. The Bertz CT molecular complexity index is 1100. The fourth-order valence-corrected chi connectivity index (χ4v) is 3.97. The van der Waals surface area contributed by atoms with Crippen LogP contribution in [0.3, 0.4) is 0 Å². The van der Waals surface area contributed by atoms with Gasteiger partial charge in [-0.25, -0.2) is 13.8 Å². The number of nitrogen functional groups attached to an aromatic ring is 1. The number of phenolic OH excluding ortho intramolecular Hbond substituents is 1. The molecule has 0 spiro atoms. The molecule has 0 unspecified atom stereocenters. The van der Waals surface area contributed by atoms with Gasteiger partial charge >= 0.3 is 0 Å². The minimum absolute atomic E-state index is 0.141. The van der Waals surface area contributed by atoms with Crippen LogP contribution in [0.5, 0.6) is 5.75 Å². The van der Waals surface area contributed by atoms with Crippen molar-refractivity contribution in [1.29, 1.82) is 0 Å². The first-order valence-corrected chi connectivity index (χ1v) is 9.87. The monoisotopic (exact) mass is 414 g/mol. The van der Waals surface area contributed by atoms with Crippen molar-refractivity contribution in [3.05, 3.63) is 46.7 Å². The summed E-state index contributed by atoms with van der Waals surface area (Å²) in [5.41, 5.74) is 8.82. The van der Waals surface area contributed by atoms with Gasteiger partial charge in [0, 0.05) is 43.0 Å². The Labute approximate surface area is 173 Å². The van der Waals surface area contributed by atoms with Crippen LogP contribution in [0.25, 0.3) is 11.0 Å². The summed E-state index contributed by atoms with van der Waals surface area (Å²) in [5.74, 6) is -1.28. The Morgan fingerprint density at radius 1 is 1.13 bits per heavy atom. The number of hydrogen-bond acceptors (Lipinski definition) is 7. The number of nitrogens with one attached hydrogen (secondary N) is 1. The number of fused-ring (bicyclic) bond motifs is 1. The number of anilines is 2. The third-order valence-corrected chi connectivity index (χ3v) is 5.44. The molecule has 1 aromatic carbocycles. The summed E-state index contributed by atoms with van der Waals surface area (Å²) >= 11 is 0. The molecular formula is C21H24F2N6O. The van der Waals surface area contributed by atoms with Crippen LogP contribution >= 0.6 is 0 Å². The third-order valence-electron chi connectivity index (χ3n) is 5.44. The van der Waals surface area contributed by atoms with Gasteiger partial charge in [0.05, 0.1) is 5.39 Å². The zero-order chi connectivity index (χ0) is 21.4. The lowest BCUT2D eigenvalue weighted by atomic mass is 10.0. The molecule has 3 aromatic rings. The highest BCUT2D eigenvalue weighted by Crippen LogP contribution is 2.27. The van der Waals surface area contributed by atoms with Crippen LogP contribution in [0.15, 0.2) is 18.2 Å². The maximum atomic E-state index is 13.5. The maximum absolute atomic E-state index is 13.5. The number of hydrogen-bond donors (Lipinski definition) is 3. The molecule has 9 heteroatoms. The van der Waals surface area contributed by atoms with Crippen LogP contribution < -0.4 is 11.1 Å². The number of benzene rings is 1. The van der Waals surface area contributed by atoms with Crippen molar-refractivity contribution in [2.75, 3.05) is 24.1 Å². The lowest BCUT2D eigenvalue weighted by Gasteiger charge is -2.32. The van der Waals surface area contributed by atoms with Crippen molar-refractivity contribution >= 4 is 22.8 Å². The van der Waals surface area contributed by atoms with Gasteiger partial charge in [0.1, 0.15) is 11.6 Å². The SMILES string of the molecule is Cc1cc(C)c2c(N)nc(NC3CCN(Cc4cc(F)cc(F)c4O)CC3)nc2n1. The van der Waals surface area contributed by atoms with E-state index in [1.54, 1.807) is 0 Å². The molecule has 0 aliphatic carbocycles. The molecule has 1 aliphatic heterocycles. The van der Waals surface area contributed by atoms with Crippen molar-refractivity contribution in [2.45, 2.75) is 39.3 Å². The van der Waals surface area contributed by atoms with Gasteiger partial charge in [-0.05, 0) is 44.4 Å². The van der Waals surface area contributed by atoms with Crippen LogP contribution in [-0.2, 0) is 6.54 Å². The second-order valence-electron chi connectivity index (χ2n) is 7.80. The van der Waals surface area contributed by atoms with Crippen LogP contribution in [-0.4, -0.2) is 44.1 Å². The molecule has 0 atom stereocenters. The van der Waals surface area contributed by atoms with Gasteiger partial charge in [-0.1, -0.05) is 0 Å². The van der Waals surface area contributed by atoms with Gasteiger partial charge in [0.2, 0.25) is 5.95 Å². The summed E-state index contributed by atoms with van der Waals surface area (Å²) in [6, 6.07) is 3.95. The van der Waals surface area contributed by atoms with E-state index in [4.69, 9.17) is 5.73 Å². The molecular weight excluding hydrogens is 390 g/mol. The van der Waals surface area contributed by atoms with Crippen molar-refractivity contribution in [3.8, 4) is 5.75 Å². The molecule has 7 nitrogen and oxygen atoms in total. The highest BCUT2D eigenvalue weighted by molar-refractivity contribution is 5.89. The van der Waals surface area contributed by atoms with Gasteiger partial charge < -0.3 is 16.2 Å². The van der Waals surface area contributed by atoms with E-state index in [0.717, 1.165) is 29.5 Å². The number of aromatic hydroxyl groups is 1. The second kappa shape index (κ2) is 7.98. The Hall–Kier alpha value is -3.07. The van der Waals surface area contributed by atoms with E-state index in [9.17, 15) is 13.9 Å². The Balaban J connectivity index is 1.42. The fraction of sp³-hybridized carbons (Fsp3) is 0.381. The normalized spacial score (nSPS) is 15.6. The molecule has 1 aliphatic rings. The van der Waals surface area contributed by atoms with Crippen LogP contribution in [0.4, 0.5) is 20.5 Å². The van der Waals surface area contributed by atoms with Gasteiger partial charge in [-0.15, -0.1) is 0 Å². The minimum Gasteiger partial charge on any atom is -0.505 e. The predicted octanol–water partition coefficient (Wildman–Crippen LogP) is 3.28. The molecule has 4 N–H and O–H groups in total. The van der Waals surface area contributed by atoms with Crippen LogP contribution in [0.2, 0.25) is 0 Å². The van der Waals surface area contributed by atoms with E-state index in [2.05, 4.69) is 25.2 Å². The Kier molecular flexibility index (Phi) is 5.38. The van der Waals surface area contributed by atoms with Gasteiger partial charge in [0.25, 0.3) is 0 Å². The van der Waals surface area contributed by atoms with Gasteiger partial charge in [0.15, 0.2) is 17.2 Å². The minimum atomic E-state index is -0.938. The third kappa shape index (κ3) is 4.11. The van der Waals surface area contributed by atoms with E-state index in [1.807, 2.05) is 19.9 Å². The lowest BCUT2D eigenvalue weighted by Crippen LogP contribution is -2.39. The number of aromatic nitrogens is 3. The summed E-state index contributed by atoms with van der Waals surface area (Å²) in [4.78, 5) is 15.4. The number of rotatable bonds is 4. The fourth-order valence-electron chi connectivity index (χ4n) is 3.97. The average molecular weight is 414 g/mol. The molecule has 158 valence electrons. The lowest BCUT2D eigenvalue weighted by molar-refractivity contribution is 0.208. The number of pyridine rings is 1. The second-order valence-corrected chi connectivity index (χ2v) is 7.80. The highest BCUT2D eigenvalue weighted by Gasteiger charge is 2.22. The van der Waals surface area contributed by atoms with E-state index < -0.39 is 17.4 Å². The predicted molar refractivity (Wildman–Crippen MR) is 111 cm³/mol. The molecule has 0 saturated carbocycles. The summed E-state index contributed by atoms with van der Waals surface area (Å²) < 4.78 is 27.0. The maximum Gasteiger partial charge on any atom is 0.226 e. The van der Waals surface area contributed by atoms with Crippen molar-refractivity contribution in [3.63, 3.8) is 0 Å². The number of halogens is 2.